The molecule has 2 atom stereocenters. The number of nitrogens with one attached hydrogen (secondary N) is 1. The number of hydrogen-bond acceptors (Lipinski definition) is 5. The highest BCUT2D eigenvalue weighted by atomic mass is 16.4. The van der Waals surface area contributed by atoms with Gasteiger partial charge in [0.1, 0.15) is 11.3 Å². The van der Waals surface area contributed by atoms with Crippen LogP contribution in [0.25, 0.3) is 27.7 Å². The van der Waals surface area contributed by atoms with Gasteiger partial charge in [0, 0.05) is 48.5 Å². The van der Waals surface area contributed by atoms with Crippen LogP contribution in [0.3, 0.4) is 0 Å². The van der Waals surface area contributed by atoms with Crippen molar-refractivity contribution in [3.05, 3.63) is 65.1 Å². The van der Waals surface area contributed by atoms with Crippen molar-refractivity contribution in [2.75, 3.05) is 18.0 Å². The van der Waals surface area contributed by atoms with Crippen molar-refractivity contribution in [1.29, 1.82) is 0 Å². The van der Waals surface area contributed by atoms with Crippen LogP contribution in [0, 0.1) is 0 Å². The SMILES string of the molecule is O=c1oc2cc(N3CC4CCC3CN4)ccc2cc1-c1cc2ccccn2n1. The summed E-state index contributed by atoms with van der Waals surface area (Å²) in [4.78, 5) is 15.1. The summed E-state index contributed by atoms with van der Waals surface area (Å²) in [6, 6.07) is 16.9. The Balaban J connectivity index is 1.42. The molecule has 0 saturated carbocycles. The first-order valence-corrected chi connectivity index (χ1v) is 9.77. The number of nitrogens with zero attached hydrogens (tertiary/aromatic N) is 3. The zero-order chi connectivity index (χ0) is 18.7. The quantitative estimate of drug-likeness (QED) is 0.548. The van der Waals surface area contributed by atoms with Crippen molar-refractivity contribution in [1.82, 2.24) is 14.9 Å². The maximum Gasteiger partial charge on any atom is 0.345 e. The molecule has 3 saturated heterocycles. The maximum atomic E-state index is 12.7. The molecule has 6 heteroatoms. The van der Waals surface area contributed by atoms with Crippen molar-refractivity contribution in [3.63, 3.8) is 0 Å². The van der Waals surface area contributed by atoms with Crippen LogP contribution in [0.4, 0.5) is 5.69 Å². The minimum atomic E-state index is -0.352. The monoisotopic (exact) mass is 372 g/mol. The smallest absolute Gasteiger partial charge is 0.345 e. The highest BCUT2D eigenvalue weighted by Gasteiger charge is 2.33. The minimum Gasteiger partial charge on any atom is -0.422 e. The number of anilines is 1. The lowest BCUT2D eigenvalue weighted by atomic mass is 9.92. The fourth-order valence-corrected chi connectivity index (χ4v) is 4.55. The summed E-state index contributed by atoms with van der Waals surface area (Å²) >= 11 is 0. The van der Waals surface area contributed by atoms with Crippen molar-refractivity contribution in [2.45, 2.75) is 24.9 Å². The molecule has 28 heavy (non-hydrogen) atoms. The molecule has 140 valence electrons. The summed E-state index contributed by atoms with van der Waals surface area (Å²) in [6.45, 7) is 2.04. The third-order valence-corrected chi connectivity index (χ3v) is 6.05. The highest BCUT2D eigenvalue weighted by molar-refractivity contribution is 5.84. The molecular weight excluding hydrogens is 352 g/mol. The molecular formula is C22H20N4O2. The van der Waals surface area contributed by atoms with Gasteiger partial charge in [0.05, 0.1) is 11.1 Å². The van der Waals surface area contributed by atoms with Gasteiger partial charge in [-0.2, -0.15) is 5.10 Å². The van der Waals surface area contributed by atoms with Crippen LogP contribution in [0.15, 0.2) is 63.9 Å². The Bertz CT molecular complexity index is 1220. The first-order chi connectivity index (χ1) is 13.7. The van der Waals surface area contributed by atoms with Crippen LogP contribution in [0.5, 0.6) is 0 Å². The fraction of sp³-hybridized carbons (Fsp3) is 0.273. The number of benzene rings is 1. The van der Waals surface area contributed by atoms with Gasteiger partial charge in [-0.15, -0.1) is 0 Å². The van der Waals surface area contributed by atoms with E-state index in [1.165, 1.54) is 12.8 Å². The molecule has 1 aromatic carbocycles. The van der Waals surface area contributed by atoms with Gasteiger partial charge in [0.15, 0.2) is 0 Å². The number of pyridine rings is 1. The zero-order valence-corrected chi connectivity index (χ0v) is 15.3. The summed E-state index contributed by atoms with van der Waals surface area (Å²) in [7, 11) is 0. The largest absolute Gasteiger partial charge is 0.422 e. The summed E-state index contributed by atoms with van der Waals surface area (Å²) < 4.78 is 7.47. The van der Waals surface area contributed by atoms with Gasteiger partial charge in [0.2, 0.25) is 0 Å². The molecule has 0 amide bonds. The molecule has 0 spiro atoms. The predicted molar refractivity (Wildman–Crippen MR) is 109 cm³/mol. The number of hydrogen-bond donors (Lipinski definition) is 1. The van der Waals surface area contributed by atoms with E-state index in [9.17, 15) is 4.79 Å². The number of piperazine rings is 1. The summed E-state index contributed by atoms with van der Waals surface area (Å²) in [6.07, 6.45) is 4.33. The summed E-state index contributed by atoms with van der Waals surface area (Å²) in [5.41, 5.74) is 3.48. The molecule has 3 fully saturated rings. The van der Waals surface area contributed by atoms with Crippen LogP contribution in [0.2, 0.25) is 0 Å². The van der Waals surface area contributed by atoms with Gasteiger partial charge in [-0.25, -0.2) is 9.31 Å². The molecule has 2 bridgehead atoms. The molecule has 0 aliphatic carbocycles. The van der Waals surface area contributed by atoms with Crippen LogP contribution in [-0.2, 0) is 0 Å². The van der Waals surface area contributed by atoms with Gasteiger partial charge < -0.3 is 14.6 Å². The van der Waals surface area contributed by atoms with E-state index in [0.717, 1.165) is 29.7 Å². The lowest BCUT2D eigenvalue weighted by Crippen LogP contribution is -2.61. The lowest BCUT2D eigenvalue weighted by Gasteiger charge is -2.47. The molecule has 2 unspecified atom stereocenters. The predicted octanol–water partition coefficient (Wildman–Crippen LogP) is 3.05. The third-order valence-electron chi connectivity index (χ3n) is 6.05. The Morgan fingerprint density at radius 2 is 2.07 bits per heavy atom. The molecule has 0 radical (unpaired) electrons. The molecule has 3 aliphatic rings. The lowest BCUT2D eigenvalue weighted by molar-refractivity contribution is 0.290. The maximum absolute atomic E-state index is 12.7. The Labute approximate surface area is 161 Å². The average Bonchev–Trinajstić information content (AvgIpc) is 3.17. The second-order valence-corrected chi connectivity index (χ2v) is 7.76. The molecule has 6 nitrogen and oxygen atoms in total. The second kappa shape index (κ2) is 5.94. The fourth-order valence-electron chi connectivity index (χ4n) is 4.55. The number of fused-ring (bicyclic) bond motifs is 5. The van der Waals surface area contributed by atoms with E-state index < -0.39 is 0 Å². The van der Waals surface area contributed by atoms with E-state index >= 15 is 0 Å². The zero-order valence-electron chi connectivity index (χ0n) is 15.3. The van der Waals surface area contributed by atoms with Gasteiger partial charge in [-0.05, 0) is 49.2 Å². The van der Waals surface area contributed by atoms with Gasteiger partial charge in [-0.3, -0.25) is 0 Å². The summed E-state index contributed by atoms with van der Waals surface area (Å²) in [5, 5.41) is 9.00. The van der Waals surface area contributed by atoms with Crippen molar-refractivity contribution < 1.29 is 4.42 Å². The topological polar surface area (TPSA) is 62.8 Å². The van der Waals surface area contributed by atoms with Gasteiger partial charge >= 0.3 is 5.63 Å². The molecule has 7 rings (SSSR count). The van der Waals surface area contributed by atoms with E-state index in [-0.39, 0.29) is 5.63 Å². The Hall–Kier alpha value is -3.12. The third kappa shape index (κ3) is 2.45. The van der Waals surface area contributed by atoms with Crippen LogP contribution >= 0.6 is 0 Å². The molecule has 3 aliphatic heterocycles. The molecule has 1 N–H and O–H groups in total. The average molecular weight is 372 g/mol. The van der Waals surface area contributed by atoms with E-state index in [4.69, 9.17) is 4.42 Å². The number of aromatic nitrogens is 2. The number of rotatable bonds is 2. The van der Waals surface area contributed by atoms with Gasteiger partial charge in [-0.1, -0.05) is 6.07 Å². The van der Waals surface area contributed by atoms with Crippen molar-refractivity contribution in [3.8, 4) is 11.3 Å². The van der Waals surface area contributed by atoms with E-state index in [0.29, 0.717) is 28.9 Å². The van der Waals surface area contributed by atoms with E-state index in [1.54, 1.807) is 4.52 Å². The van der Waals surface area contributed by atoms with Crippen molar-refractivity contribution >= 4 is 22.2 Å². The standard InChI is InChI=1S/C22H20N4O2/c27-22-19(20-10-17-3-1-2-8-26(17)24-20)9-14-4-6-16(11-21(14)28-22)25-13-15-5-7-18(25)12-23-15/h1-4,6,8-11,15,18,23H,5,7,12-13H2. The van der Waals surface area contributed by atoms with E-state index in [1.807, 2.05) is 48.7 Å². The minimum absolute atomic E-state index is 0.352. The molecule has 6 heterocycles. The van der Waals surface area contributed by atoms with E-state index in [2.05, 4.69) is 21.4 Å². The Morgan fingerprint density at radius 1 is 1.11 bits per heavy atom. The Morgan fingerprint density at radius 3 is 2.86 bits per heavy atom. The highest BCUT2D eigenvalue weighted by Crippen LogP contribution is 2.31. The molecule has 4 aromatic rings. The first kappa shape index (κ1) is 15.9. The van der Waals surface area contributed by atoms with Crippen LogP contribution in [0.1, 0.15) is 12.8 Å². The summed E-state index contributed by atoms with van der Waals surface area (Å²) in [5.74, 6) is 0. The first-order valence-electron chi connectivity index (χ1n) is 9.77. The normalized spacial score (nSPS) is 21.6. The van der Waals surface area contributed by atoms with Gasteiger partial charge in [0.25, 0.3) is 0 Å². The number of piperidine rings is 2. The van der Waals surface area contributed by atoms with Crippen LogP contribution in [-0.4, -0.2) is 34.8 Å². The second-order valence-electron chi connectivity index (χ2n) is 7.76. The Kier molecular flexibility index (Phi) is 3.37. The molecule has 3 aromatic heterocycles. The van der Waals surface area contributed by atoms with Crippen LogP contribution < -0.4 is 15.8 Å². The van der Waals surface area contributed by atoms with Crippen molar-refractivity contribution in [2.24, 2.45) is 0 Å².